The number of piperidine rings is 1. The SMILES string of the molecule is O=C(NC1CCN(c2nccs2)CC1)N1CCOCC1c1ccccc1. The number of carbonyl (C=O) groups is 1. The van der Waals surface area contributed by atoms with Gasteiger partial charge in [0.1, 0.15) is 0 Å². The van der Waals surface area contributed by atoms with Crippen molar-refractivity contribution < 1.29 is 9.53 Å². The first kappa shape index (κ1) is 17.3. The number of ether oxygens (including phenoxy) is 1. The van der Waals surface area contributed by atoms with Crippen LogP contribution in [0.2, 0.25) is 0 Å². The monoisotopic (exact) mass is 372 g/mol. The number of hydrogen-bond donors (Lipinski definition) is 1. The van der Waals surface area contributed by atoms with Crippen molar-refractivity contribution in [1.82, 2.24) is 15.2 Å². The van der Waals surface area contributed by atoms with Crippen LogP contribution in [0.15, 0.2) is 41.9 Å². The van der Waals surface area contributed by atoms with E-state index in [4.69, 9.17) is 4.74 Å². The zero-order valence-corrected chi connectivity index (χ0v) is 15.5. The number of morpholine rings is 1. The molecule has 3 heterocycles. The molecule has 1 N–H and O–H groups in total. The number of nitrogens with one attached hydrogen (secondary N) is 1. The topological polar surface area (TPSA) is 57.7 Å². The van der Waals surface area contributed by atoms with Crippen molar-refractivity contribution in [2.24, 2.45) is 0 Å². The summed E-state index contributed by atoms with van der Waals surface area (Å²) < 4.78 is 5.63. The van der Waals surface area contributed by atoms with Crippen LogP contribution in [0.4, 0.5) is 9.93 Å². The minimum Gasteiger partial charge on any atom is -0.377 e. The van der Waals surface area contributed by atoms with E-state index in [0.717, 1.165) is 36.6 Å². The highest BCUT2D eigenvalue weighted by Crippen LogP contribution is 2.25. The lowest BCUT2D eigenvalue weighted by molar-refractivity contribution is 0.0109. The van der Waals surface area contributed by atoms with Crippen LogP contribution >= 0.6 is 11.3 Å². The quantitative estimate of drug-likeness (QED) is 0.900. The fraction of sp³-hybridized carbons (Fsp3) is 0.474. The van der Waals surface area contributed by atoms with E-state index in [2.05, 4.69) is 27.3 Å². The maximum atomic E-state index is 12.9. The van der Waals surface area contributed by atoms with Crippen LogP contribution < -0.4 is 10.2 Å². The van der Waals surface area contributed by atoms with Crippen LogP contribution in [0.5, 0.6) is 0 Å². The highest BCUT2D eigenvalue weighted by atomic mass is 32.1. The summed E-state index contributed by atoms with van der Waals surface area (Å²) in [5.74, 6) is 0. The number of carbonyl (C=O) groups excluding carboxylic acids is 1. The highest BCUT2D eigenvalue weighted by Gasteiger charge is 2.30. The standard InChI is InChI=1S/C19H24N4O2S/c24-18(21-16-6-9-22(10-7-16)19-20-8-13-26-19)23-11-12-25-14-17(23)15-4-2-1-3-5-15/h1-5,8,13,16-17H,6-7,9-12,14H2,(H,21,24). The summed E-state index contributed by atoms with van der Waals surface area (Å²) in [4.78, 5) is 21.5. The first-order valence-electron chi connectivity index (χ1n) is 9.15. The normalized spacial score (nSPS) is 21.6. The average Bonchev–Trinajstić information content (AvgIpc) is 3.24. The highest BCUT2D eigenvalue weighted by molar-refractivity contribution is 7.13. The van der Waals surface area contributed by atoms with Crippen molar-refractivity contribution in [3.8, 4) is 0 Å². The predicted octanol–water partition coefficient (Wildman–Crippen LogP) is 2.90. The number of rotatable bonds is 3. The first-order chi connectivity index (χ1) is 12.8. The van der Waals surface area contributed by atoms with Gasteiger partial charge in [-0.1, -0.05) is 30.3 Å². The van der Waals surface area contributed by atoms with Crippen molar-refractivity contribution in [1.29, 1.82) is 0 Å². The summed E-state index contributed by atoms with van der Waals surface area (Å²) in [6, 6.07) is 10.4. The Morgan fingerprint density at radius 2 is 2.00 bits per heavy atom. The van der Waals surface area contributed by atoms with Crippen molar-refractivity contribution in [2.75, 3.05) is 37.7 Å². The number of hydrogen-bond acceptors (Lipinski definition) is 5. The molecule has 0 radical (unpaired) electrons. The number of benzene rings is 1. The zero-order valence-electron chi connectivity index (χ0n) is 14.7. The molecule has 7 heteroatoms. The van der Waals surface area contributed by atoms with Crippen LogP contribution in [0.3, 0.4) is 0 Å². The van der Waals surface area contributed by atoms with Gasteiger partial charge >= 0.3 is 6.03 Å². The number of nitrogens with zero attached hydrogens (tertiary/aromatic N) is 3. The van der Waals surface area contributed by atoms with Gasteiger partial charge in [-0.3, -0.25) is 0 Å². The van der Waals surface area contributed by atoms with Gasteiger partial charge in [-0.25, -0.2) is 9.78 Å². The second-order valence-corrected chi connectivity index (χ2v) is 7.59. The fourth-order valence-electron chi connectivity index (χ4n) is 3.64. The largest absolute Gasteiger partial charge is 0.377 e. The third-order valence-electron chi connectivity index (χ3n) is 5.09. The lowest BCUT2D eigenvalue weighted by atomic mass is 10.0. The summed E-state index contributed by atoms with van der Waals surface area (Å²) in [7, 11) is 0. The summed E-state index contributed by atoms with van der Waals surface area (Å²) in [6.07, 6.45) is 3.74. The van der Waals surface area contributed by atoms with E-state index in [1.54, 1.807) is 11.3 Å². The number of thiazole rings is 1. The molecule has 2 aliphatic rings. The Kier molecular flexibility index (Phi) is 5.36. The Morgan fingerprint density at radius 3 is 2.73 bits per heavy atom. The third kappa shape index (κ3) is 3.83. The molecule has 2 amide bonds. The molecule has 2 aliphatic heterocycles. The molecule has 2 saturated heterocycles. The minimum absolute atomic E-state index is 0.0136. The van der Waals surface area contributed by atoms with Gasteiger partial charge in [-0.15, -0.1) is 11.3 Å². The Bertz CT molecular complexity index is 702. The van der Waals surface area contributed by atoms with Crippen LogP contribution in [0.1, 0.15) is 24.4 Å². The van der Waals surface area contributed by atoms with Crippen LogP contribution in [0.25, 0.3) is 0 Å². The van der Waals surface area contributed by atoms with E-state index >= 15 is 0 Å². The van der Waals surface area contributed by atoms with Crippen LogP contribution in [-0.4, -0.2) is 54.8 Å². The fourth-order valence-corrected chi connectivity index (χ4v) is 4.34. The molecule has 2 aromatic rings. The molecule has 4 rings (SSSR count). The van der Waals surface area contributed by atoms with Crippen molar-refractivity contribution in [3.05, 3.63) is 47.5 Å². The van der Waals surface area contributed by atoms with Crippen molar-refractivity contribution >= 4 is 22.5 Å². The van der Waals surface area contributed by atoms with E-state index in [0.29, 0.717) is 19.8 Å². The summed E-state index contributed by atoms with van der Waals surface area (Å²) in [6.45, 7) is 3.65. The van der Waals surface area contributed by atoms with Gasteiger partial charge < -0.3 is 19.9 Å². The lowest BCUT2D eigenvalue weighted by Crippen LogP contribution is -2.52. The van der Waals surface area contributed by atoms with Crippen molar-refractivity contribution in [2.45, 2.75) is 24.9 Å². The minimum atomic E-state index is -0.0136. The molecule has 26 heavy (non-hydrogen) atoms. The molecule has 1 aromatic heterocycles. The maximum Gasteiger partial charge on any atom is 0.318 e. The molecule has 138 valence electrons. The van der Waals surface area contributed by atoms with E-state index in [9.17, 15) is 4.79 Å². The number of amides is 2. The zero-order chi connectivity index (χ0) is 17.8. The molecular formula is C19H24N4O2S. The van der Waals surface area contributed by atoms with Gasteiger partial charge in [0.2, 0.25) is 0 Å². The molecule has 6 nitrogen and oxygen atoms in total. The molecule has 2 fully saturated rings. The van der Waals surface area contributed by atoms with E-state index < -0.39 is 0 Å². The summed E-state index contributed by atoms with van der Waals surface area (Å²) in [5, 5.41) is 6.32. The summed E-state index contributed by atoms with van der Waals surface area (Å²) in [5.41, 5.74) is 1.13. The summed E-state index contributed by atoms with van der Waals surface area (Å²) >= 11 is 1.67. The van der Waals surface area contributed by atoms with Crippen LogP contribution in [0, 0.1) is 0 Å². The predicted molar refractivity (Wildman–Crippen MR) is 103 cm³/mol. The Labute approximate surface area is 157 Å². The number of urea groups is 1. The molecule has 1 atom stereocenters. The van der Waals surface area contributed by atoms with Gasteiger partial charge in [-0.2, -0.15) is 0 Å². The third-order valence-corrected chi connectivity index (χ3v) is 5.92. The molecule has 0 aliphatic carbocycles. The molecule has 1 aromatic carbocycles. The molecule has 0 saturated carbocycles. The van der Waals surface area contributed by atoms with E-state index in [1.165, 1.54) is 0 Å². The second kappa shape index (κ2) is 8.05. The second-order valence-electron chi connectivity index (χ2n) is 6.72. The Balaban J connectivity index is 1.35. The van der Waals surface area contributed by atoms with E-state index in [-0.39, 0.29) is 18.1 Å². The molecular weight excluding hydrogens is 348 g/mol. The first-order valence-corrected chi connectivity index (χ1v) is 10.0. The number of aromatic nitrogens is 1. The Morgan fingerprint density at radius 1 is 1.19 bits per heavy atom. The average molecular weight is 372 g/mol. The molecule has 0 spiro atoms. The van der Waals surface area contributed by atoms with Gasteiger partial charge in [0.05, 0.1) is 19.3 Å². The van der Waals surface area contributed by atoms with Crippen LogP contribution in [-0.2, 0) is 4.74 Å². The molecule has 1 unspecified atom stereocenters. The smallest absolute Gasteiger partial charge is 0.318 e. The Hall–Kier alpha value is -2.12. The number of anilines is 1. The maximum absolute atomic E-state index is 12.9. The van der Waals surface area contributed by atoms with Gasteiger partial charge in [0, 0.05) is 37.3 Å². The van der Waals surface area contributed by atoms with Gasteiger partial charge in [0.15, 0.2) is 5.13 Å². The van der Waals surface area contributed by atoms with Gasteiger partial charge in [-0.05, 0) is 18.4 Å². The van der Waals surface area contributed by atoms with Gasteiger partial charge in [0.25, 0.3) is 0 Å². The molecule has 0 bridgehead atoms. The van der Waals surface area contributed by atoms with Crippen molar-refractivity contribution in [3.63, 3.8) is 0 Å². The lowest BCUT2D eigenvalue weighted by Gasteiger charge is -2.38. The van der Waals surface area contributed by atoms with E-state index in [1.807, 2.05) is 34.7 Å².